The van der Waals surface area contributed by atoms with Crippen molar-refractivity contribution >= 4 is 28.0 Å². The van der Waals surface area contributed by atoms with Crippen LogP contribution in [-0.4, -0.2) is 33.3 Å². The number of hydrogen-bond donors (Lipinski definition) is 0. The van der Waals surface area contributed by atoms with Crippen molar-refractivity contribution in [3.8, 4) is 0 Å². The van der Waals surface area contributed by atoms with Crippen LogP contribution < -0.4 is 0 Å². The van der Waals surface area contributed by atoms with E-state index in [4.69, 9.17) is 0 Å². The fourth-order valence-electron chi connectivity index (χ4n) is 1.91. The second kappa shape index (κ2) is 6.95. The lowest BCUT2D eigenvalue weighted by molar-refractivity contribution is 0.0783. The molecule has 0 fully saturated rings. The summed E-state index contributed by atoms with van der Waals surface area (Å²) in [6, 6.07) is 6.90. The molecule has 0 spiro atoms. The quantitative estimate of drug-likeness (QED) is 0.850. The second-order valence-corrected chi connectivity index (χ2v) is 7.05. The average molecular weight is 322 g/mol. The molecule has 0 saturated carbocycles. The molecule has 0 aliphatic rings. The highest BCUT2D eigenvalue weighted by Crippen LogP contribution is 2.14. The Kier molecular flexibility index (Phi) is 5.25. The van der Waals surface area contributed by atoms with Gasteiger partial charge in [-0.1, -0.05) is 6.92 Å². The van der Waals surface area contributed by atoms with Crippen LogP contribution in [0.4, 0.5) is 0 Å². The van der Waals surface area contributed by atoms with Crippen molar-refractivity contribution in [2.75, 3.05) is 13.3 Å². The Bertz CT molecular complexity index is 650. The van der Waals surface area contributed by atoms with Crippen molar-refractivity contribution < 1.29 is 9.00 Å². The lowest BCUT2D eigenvalue weighted by atomic mass is 10.2. The lowest BCUT2D eigenvalue weighted by Gasteiger charge is -2.16. The largest absolute Gasteiger partial charge is 0.336 e. The number of aryl methyl sites for hydroxylation is 1. The van der Waals surface area contributed by atoms with Crippen LogP contribution in [0, 0.1) is 0 Å². The summed E-state index contributed by atoms with van der Waals surface area (Å²) in [6.45, 7) is 2.56. The van der Waals surface area contributed by atoms with E-state index in [0.29, 0.717) is 12.1 Å². The molecular weight excluding hydrogens is 304 g/mol. The highest BCUT2D eigenvalue weighted by molar-refractivity contribution is 7.84. The molecule has 0 N–H and O–H groups in total. The van der Waals surface area contributed by atoms with E-state index >= 15 is 0 Å². The van der Waals surface area contributed by atoms with Gasteiger partial charge in [-0.15, -0.1) is 11.3 Å². The van der Waals surface area contributed by atoms with Gasteiger partial charge in [0.2, 0.25) is 0 Å². The van der Waals surface area contributed by atoms with Crippen molar-refractivity contribution in [1.82, 2.24) is 9.88 Å². The zero-order valence-corrected chi connectivity index (χ0v) is 14.0. The number of thiazole rings is 1. The third-order valence-corrected chi connectivity index (χ3v) is 5.06. The Morgan fingerprint density at radius 3 is 2.52 bits per heavy atom. The number of hydrogen-bond acceptors (Lipinski definition) is 4. The molecule has 4 nitrogen and oxygen atoms in total. The highest BCUT2D eigenvalue weighted by Gasteiger charge is 2.13. The van der Waals surface area contributed by atoms with Crippen molar-refractivity contribution in [3.05, 3.63) is 45.9 Å². The van der Waals surface area contributed by atoms with Gasteiger partial charge in [0, 0.05) is 39.9 Å². The number of nitrogens with zero attached hydrogens (tertiary/aromatic N) is 2. The third-order valence-electron chi connectivity index (χ3n) is 3.08. The molecule has 1 heterocycles. The van der Waals surface area contributed by atoms with E-state index in [-0.39, 0.29) is 5.91 Å². The summed E-state index contributed by atoms with van der Waals surface area (Å²) < 4.78 is 11.3. The molecule has 21 heavy (non-hydrogen) atoms. The lowest BCUT2D eigenvalue weighted by Crippen LogP contribution is -2.26. The van der Waals surface area contributed by atoms with Crippen molar-refractivity contribution in [2.24, 2.45) is 0 Å². The molecule has 0 bridgehead atoms. The van der Waals surface area contributed by atoms with E-state index in [1.54, 1.807) is 53.8 Å². The highest BCUT2D eigenvalue weighted by atomic mass is 32.2. The van der Waals surface area contributed by atoms with Gasteiger partial charge in [-0.25, -0.2) is 4.98 Å². The van der Waals surface area contributed by atoms with E-state index in [1.165, 1.54) is 0 Å². The number of benzene rings is 1. The smallest absolute Gasteiger partial charge is 0.253 e. The monoisotopic (exact) mass is 322 g/mol. The summed E-state index contributed by atoms with van der Waals surface area (Å²) in [6.07, 6.45) is 2.54. The van der Waals surface area contributed by atoms with Crippen LogP contribution in [0.1, 0.15) is 28.0 Å². The first-order valence-corrected chi connectivity index (χ1v) is 9.07. The molecule has 6 heteroatoms. The standard InChI is InChI=1S/C15H18N2O2S2/c1-4-14-16-12(10-20-14)9-17(2)15(18)11-5-7-13(8-6-11)21(3)19/h5-8,10H,4,9H2,1-3H3/t21-/m1/s1. The van der Waals surface area contributed by atoms with Crippen LogP contribution in [0.25, 0.3) is 0 Å². The van der Waals surface area contributed by atoms with Crippen molar-refractivity contribution in [3.63, 3.8) is 0 Å². The Morgan fingerprint density at radius 2 is 2.00 bits per heavy atom. The molecule has 112 valence electrons. The Labute approximate surface area is 131 Å². The van der Waals surface area contributed by atoms with Crippen molar-refractivity contribution in [1.29, 1.82) is 0 Å². The molecule has 2 aromatic rings. The summed E-state index contributed by atoms with van der Waals surface area (Å²) in [4.78, 5) is 19.2. The van der Waals surface area contributed by atoms with Gasteiger partial charge in [0.25, 0.3) is 5.91 Å². The fourth-order valence-corrected chi connectivity index (χ4v) is 3.16. The van der Waals surface area contributed by atoms with Gasteiger partial charge in [-0.2, -0.15) is 0 Å². The number of carbonyl (C=O) groups excluding carboxylic acids is 1. The Balaban J connectivity index is 2.06. The molecule has 1 atom stereocenters. The predicted molar refractivity (Wildman–Crippen MR) is 86.1 cm³/mol. The molecular formula is C15H18N2O2S2. The van der Waals surface area contributed by atoms with Gasteiger partial charge in [-0.3, -0.25) is 9.00 Å². The first kappa shape index (κ1) is 15.9. The molecule has 0 unspecified atom stereocenters. The molecule has 1 aromatic carbocycles. The zero-order valence-electron chi connectivity index (χ0n) is 12.3. The number of rotatable bonds is 5. The summed E-state index contributed by atoms with van der Waals surface area (Å²) in [5.74, 6) is -0.0607. The van der Waals surface area contributed by atoms with Gasteiger partial charge in [0.1, 0.15) is 0 Å². The summed E-state index contributed by atoms with van der Waals surface area (Å²) in [7, 11) is 0.739. The Hall–Kier alpha value is -1.53. The average Bonchev–Trinajstić information content (AvgIpc) is 2.94. The topological polar surface area (TPSA) is 50.3 Å². The summed E-state index contributed by atoms with van der Waals surface area (Å²) in [5, 5.41) is 3.08. The predicted octanol–water partition coefficient (Wildman–Crippen LogP) is 2.72. The van der Waals surface area contributed by atoms with Gasteiger partial charge >= 0.3 is 0 Å². The number of aromatic nitrogens is 1. The van der Waals surface area contributed by atoms with E-state index in [9.17, 15) is 9.00 Å². The van der Waals surface area contributed by atoms with E-state index < -0.39 is 10.8 Å². The van der Waals surface area contributed by atoms with E-state index in [0.717, 1.165) is 22.0 Å². The molecule has 0 aliphatic carbocycles. The van der Waals surface area contributed by atoms with Crippen LogP contribution in [0.3, 0.4) is 0 Å². The van der Waals surface area contributed by atoms with E-state index in [1.807, 2.05) is 5.38 Å². The van der Waals surface area contributed by atoms with Gasteiger partial charge in [0.15, 0.2) is 0 Å². The van der Waals surface area contributed by atoms with Crippen LogP contribution in [-0.2, 0) is 23.8 Å². The zero-order chi connectivity index (χ0) is 15.4. The van der Waals surface area contributed by atoms with Gasteiger partial charge in [0.05, 0.1) is 17.2 Å². The minimum absolute atomic E-state index is 0.0607. The van der Waals surface area contributed by atoms with E-state index in [2.05, 4.69) is 11.9 Å². The maximum atomic E-state index is 12.3. The minimum atomic E-state index is -1.02. The molecule has 1 aromatic heterocycles. The van der Waals surface area contributed by atoms with Gasteiger partial charge < -0.3 is 4.90 Å². The minimum Gasteiger partial charge on any atom is -0.336 e. The van der Waals surface area contributed by atoms with Crippen LogP contribution in [0.2, 0.25) is 0 Å². The summed E-state index contributed by atoms with van der Waals surface area (Å²) in [5.41, 5.74) is 1.51. The molecule has 0 saturated heterocycles. The van der Waals surface area contributed by atoms with Crippen LogP contribution in [0.15, 0.2) is 34.5 Å². The maximum absolute atomic E-state index is 12.3. The first-order valence-electron chi connectivity index (χ1n) is 6.63. The maximum Gasteiger partial charge on any atom is 0.253 e. The second-order valence-electron chi connectivity index (χ2n) is 4.73. The van der Waals surface area contributed by atoms with Gasteiger partial charge in [-0.05, 0) is 30.7 Å². The molecule has 0 aliphatic heterocycles. The molecule has 2 rings (SSSR count). The third kappa shape index (κ3) is 3.98. The SMILES string of the molecule is CCc1nc(CN(C)C(=O)c2ccc([S@@](C)=O)cc2)cs1. The molecule has 0 radical (unpaired) electrons. The first-order chi connectivity index (χ1) is 10.0. The van der Waals surface area contributed by atoms with Crippen LogP contribution >= 0.6 is 11.3 Å². The van der Waals surface area contributed by atoms with Crippen LogP contribution in [0.5, 0.6) is 0 Å². The molecule has 1 amide bonds. The summed E-state index contributed by atoms with van der Waals surface area (Å²) >= 11 is 1.62. The number of amides is 1. The fraction of sp³-hybridized carbons (Fsp3) is 0.333. The van der Waals surface area contributed by atoms with Crippen molar-refractivity contribution in [2.45, 2.75) is 24.8 Å². The Morgan fingerprint density at radius 1 is 1.33 bits per heavy atom. The normalized spacial score (nSPS) is 12.1. The number of carbonyl (C=O) groups is 1.